The second-order valence-electron chi connectivity index (χ2n) is 2.60. The maximum Gasteiger partial charge on any atom is 0.371 e. The molecule has 6 heteroatoms. The summed E-state index contributed by atoms with van der Waals surface area (Å²) in [5, 5.41) is 8.69. The van der Waals surface area contributed by atoms with Gasteiger partial charge in [0.05, 0.1) is 7.11 Å². The lowest BCUT2D eigenvalue weighted by atomic mass is 10.4. The van der Waals surface area contributed by atoms with Gasteiger partial charge in [-0.3, -0.25) is 0 Å². The van der Waals surface area contributed by atoms with Crippen molar-refractivity contribution < 1.29 is 14.6 Å². The van der Waals surface area contributed by atoms with Crippen molar-refractivity contribution >= 4 is 17.1 Å². The van der Waals surface area contributed by atoms with Gasteiger partial charge in [-0.05, 0) is 0 Å². The highest BCUT2D eigenvalue weighted by atomic mass is 16.5. The summed E-state index contributed by atoms with van der Waals surface area (Å²) < 4.78 is 5.02. The van der Waals surface area contributed by atoms with Crippen LogP contribution in [-0.4, -0.2) is 33.1 Å². The molecule has 0 aliphatic rings. The highest BCUT2D eigenvalue weighted by Crippen LogP contribution is 2.20. The number of pyridine rings is 1. The molecule has 0 bridgehead atoms. The normalized spacial score (nSPS) is 10.4. The molecule has 0 aliphatic heterocycles. The van der Waals surface area contributed by atoms with Crippen molar-refractivity contribution in [2.24, 2.45) is 0 Å². The fourth-order valence-electron chi connectivity index (χ4n) is 1.16. The number of nitrogens with zero attached hydrogens (tertiary/aromatic N) is 2. The molecule has 0 amide bonds. The molecular formula is C8H7N3O3. The number of H-pyrrole nitrogens is 1. The van der Waals surface area contributed by atoms with Crippen LogP contribution in [-0.2, 0) is 0 Å². The lowest BCUT2D eigenvalue weighted by Crippen LogP contribution is -1.97. The summed E-state index contributed by atoms with van der Waals surface area (Å²) >= 11 is 0. The van der Waals surface area contributed by atoms with Gasteiger partial charge in [0.15, 0.2) is 5.65 Å². The molecule has 0 radical (unpaired) electrons. The third kappa shape index (κ3) is 1.17. The van der Waals surface area contributed by atoms with Crippen molar-refractivity contribution in [3.63, 3.8) is 0 Å². The largest absolute Gasteiger partial charge is 0.494 e. The minimum absolute atomic E-state index is 0.142. The van der Waals surface area contributed by atoms with E-state index in [1.54, 1.807) is 6.07 Å². The van der Waals surface area contributed by atoms with Gasteiger partial charge in [0.1, 0.15) is 11.3 Å². The van der Waals surface area contributed by atoms with E-state index in [-0.39, 0.29) is 5.82 Å². The first-order chi connectivity index (χ1) is 6.72. The highest BCUT2D eigenvalue weighted by Gasteiger charge is 2.12. The van der Waals surface area contributed by atoms with Crippen molar-refractivity contribution in [2.75, 3.05) is 7.11 Å². The molecule has 2 aromatic rings. The molecule has 0 saturated carbocycles. The molecule has 0 fully saturated rings. The number of hydrogen-bond donors (Lipinski definition) is 2. The Kier molecular flexibility index (Phi) is 1.81. The minimum Gasteiger partial charge on any atom is -0.494 e. The first-order valence-electron chi connectivity index (χ1n) is 3.84. The molecule has 2 N–H and O–H groups in total. The zero-order valence-corrected chi connectivity index (χ0v) is 7.31. The van der Waals surface area contributed by atoms with Gasteiger partial charge in [-0.15, -0.1) is 0 Å². The van der Waals surface area contributed by atoms with E-state index in [9.17, 15) is 4.79 Å². The van der Waals surface area contributed by atoms with Crippen molar-refractivity contribution in [1.29, 1.82) is 0 Å². The summed E-state index contributed by atoms with van der Waals surface area (Å²) in [6, 6.07) is 1.63. The van der Waals surface area contributed by atoms with Crippen LogP contribution < -0.4 is 4.74 Å². The van der Waals surface area contributed by atoms with Gasteiger partial charge in [-0.1, -0.05) is 0 Å². The molecule has 2 heterocycles. The zero-order chi connectivity index (χ0) is 10.1. The standard InChI is InChI=1S/C8H7N3O3/c1-14-4-2-3-9-6-5(4)10-7(11-6)8(12)13/h2-3H,1H3,(H,12,13)(H,9,10,11). The monoisotopic (exact) mass is 193 g/mol. The van der Waals surface area contributed by atoms with Crippen molar-refractivity contribution in [3.05, 3.63) is 18.1 Å². The number of carboxylic acids is 1. The second-order valence-corrected chi connectivity index (χ2v) is 2.60. The Morgan fingerprint density at radius 1 is 1.64 bits per heavy atom. The van der Waals surface area contributed by atoms with Crippen LogP contribution >= 0.6 is 0 Å². The predicted molar refractivity (Wildman–Crippen MR) is 47.4 cm³/mol. The molecule has 2 rings (SSSR count). The number of methoxy groups -OCH3 is 1. The number of aromatic nitrogens is 3. The van der Waals surface area contributed by atoms with Gasteiger partial charge in [-0.25, -0.2) is 14.8 Å². The summed E-state index contributed by atoms with van der Waals surface area (Å²) in [5.74, 6) is -0.739. The molecule has 0 unspecified atom stereocenters. The van der Waals surface area contributed by atoms with Gasteiger partial charge < -0.3 is 14.8 Å². The van der Waals surface area contributed by atoms with Gasteiger partial charge in [0.2, 0.25) is 5.82 Å². The Labute approximate surface area is 78.6 Å². The van der Waals surface area contributed by atoms with Crippen LogP contribution in [0.5, 0.6) is 5.75 Å². The van der Waals surface area contributed by atoms with E-state index in [1.807, 2.05) is 0 Å². The van der Waals surface area contributed by atoms with Crippen LogP contribution in [0.2, 0.25) is 0 Å². The number of fused-ring (bicyclic) bond motifs is 1. The summed E-state index contributed by atoms with van der Waals surface area (Å²) in [4.78, 5) is 20.9. The molecule has 6 nitrogen and oxygen atoms in total. The van der Waals surface area contributed by atoms with E-state index < -0.39 is 5.97 Å². The summed E-state index contributed by atoms with van der Waals surface area (Å²) in [7, 11) is 1.50. The molecule has 72 valence electrons. The lowest BCUT2D eigenvalue weighted by Gasteiger charge is -1.97. The smallest absolute Gasteiger partial charge is 0.371 e. The van der Waals surface area contributed by atoms with E-state index in [0.29, 0.717) is 16.9 Å². The Bertz CT molecular complexity index is 492. The van der Waals surface area contributed by atoms with E-state index in [1.165, 1.54) is 13.3 Å². The number of carboxylic acid groups (broad SMARTS) is 1. The average Bonchev–Trinajstić information content (AvgIpc) is 2.60. The Hall–Kier alpha value is -2.11. The molecular weight excluding hydrogens is 186 g/mol. The first-order valence-corrected chi connectivity index (χ1v) is 3.84. The number of aromatic amines is 1. The number of hydrogen-bond acceptors (Lipinski definition) is 4. The molecule has 0 aromatic carbocycles. The Morgan fingerprint density at radius 2 is 2.43 bits per heavy atom. The Morgan fingerprint density at radius 3 is 3.07 bits per heavy atom. The third-order valence-corrected chi connectivity index (χ3v) is 1.78. The van der Waals surface area contributed by atoms with Crippen LogP contribution in [0.3, 0.4) is 0 Å². The molecule has 0 spiro atoms. The van der Waals surface area contributed by atoms with Crippen LogP contribution in [0, 0.1) is 0 Å². The number of rotatable bonds is 2. The van der Waals surface area contributed by atoms with Crippen molar-refractivity contribution in [2.45, 2.75) is 0 Å². The van der Waals surface area contributed by atoms with Crippen molar-refractivity contribution in [1.82, 2.24) is 15.0 Å². The first kappa shape index (κ1) is 8.49. The fourth-order valence-corrected chi connectivity index (χ4v) is 1.16. The minimum atomic E-state index is -1.12. The number of aromatic carboxylic acids is 1. The van der Waals surface area contributed by atoms with Crippen LogP contribution in [0.1, 0.15) is 10.6 Å². The zero-order valence-electron chi connectivity index (χ0n) is 7.31. The van der Waals surface area contributed by atoms with Gasteiger partial charge in [-0.2, -0.15) is 0 Å². The fraction of sp³-hybridized carbons (Fsp3) is 0.125. The second kappa shape index (κ2) is 2.99. The highest BCUT2D eigenvalue weighted by molar-refractivity contribution is 5.89. The van der Waals surface area contributed by atoms with E-state index in [2.05, 4.69) is 15.0 Å². The molecule has 0 atom stereocenters. The number of nitrogens with one attached hydrogen (secondary N) is 1. The van der Waals surface area contributed by atoms with Crippen molar-refractivity contribution in [3.8, 4) is 5.75 Å². The number of ether oxygens (including phenoxy) is 1. The average molecular weight is 193 g/mol. The molecule has 14 heavy (non-hydrogen) atoms. The number of imidazole rings is 1. The molecule has 2 aromatic heterocycles. The maximum absolute atomic E-state index is 10.6. The predicted octanol–water partition coefficient (Wildman–Crippen LogP) is 0.665. The van der Waals surface area contributed by atoms with Gasteiger partial charge in [0, 0.05) is 12.3 Å². The van der Waals surface area contributed by atoms with Gasteiger partial charge in [0.25, 0.3) is 0 Å². The Balaban J connectivity index is 2.70. The van der Waals surface area contributed by atoms with Crippen LogP contribution in [0.15, 0.2) is 12.3 Å². The van der Waals surface area contributed by atoms with Crippen LogP contribution in [0.25, 0.3) is 11.2 Å². The van der Waals surface area contributed by atoms with Crippen LogP contribution in [0.4, 0.5) is 0 Å². The van der Waals surface area contributed by atoms with E-state index in [0.717, 1.165) is 0 Å². The maximum atomic E-state index is 10.6. The summed E-state index contributed by atoms with van der Waals surface area (Å²) in [5.41, 5.74) is 0.828. The van der Waals surface area contributed by atoms with E-state index in [4.69, 9.17) is 9.84 Å². The third-order valence-electron chi connectivity index (χ3n) is 1.78. The molecule has 0 aliphatic carbocycles. The summed E-state index contributed by atoms with van der Waals surface area (Å²) in [6.45, 7) is 0. The van der Waals surface area contributed by atoms with Gasteiger partial charge >= 0.3 is 5.97 Å². The SMILES string of the molecule is COc1ccnc2nc(C(=O)O)[nH]c12. The number of carbonyl (C=O) groups is 1. The molecule has 0 saturated heterocycles. The summed E-state index contributed by atoms with van der Waals surface area (Å²) in [6.07, 6.45) is 1.51. The topological polar surface area (TPSA) is 88.1 Å². The lowest BCUT2D eigenvalue weighted by molar-refractivity contribution is 0.0685. The van der Waals surface area contributed by atoms with E-state index >= 15 is 0 Å². The quantitative estimate of drug-likeness (QED) is 0.731.